The largest absolute Gasteiger partial charge is 0.355 e. The zero-order valence-electron chi connectivity index (χ0n) is 11.9. The van der Waals surface area contributed by atoms with E-state index in [4.69, 9.17) is 5.73 Å². The number of nitrogens with zero attached hydrogens (tertiary/aromatic N) is 1. The van der Waals surface area contributed by atoms with Crippen LogP contribution >= 0.6 is 0 Å². The smallest absolute Gasteiger partial charge is 0.234 e. The van der Waals surface area contributed by atoms with Gasteiger partial charge in [0, 0.05) is 32.6 Å². The Balaban J connectivity index is 2.19. The van der Waals surface area contributed by atoms with Crippen molar-refractivity contribution in [3.05, 3.63) is 0 Å². The molecule has 0 aliphatic carbocycles. The Morgan fingerprint density at radius 2 is 2.05 bits per heavy atom. The van der Waals surface area contributed by atoms with Gasteiger partial charge in [0.15, 0.2) is 0 Å². The first kappa shape index (κ1) is 15.9. The van der Waals surface area contributed by atoms with E-state index in [2.05, 4.69) is 15.5 Å². The van der Waals surface area contributed by atoms with Crippen molar-refractivity contribution in [3.63, 3.8) is 0 Å². The topological polar surface area (TPSA) is 87.5 Å². The van der Waals surface area contributed by atoms with Gasteiger partial charge in [-0.2, -0.15) is 0 Å². The SMILES string of the molecule is CC(=O)NCCNC(=O)CN1CCCC(C(C)N)C1. The maximum Gasteiger partial charge on any atom is 0.234 e. The van der Waals surface area contributed by atoms with E-state index in [9.17, 15) is 9.59 Å². The molecule has 6 heteroatoms. The number of rotatable bonds is 6. The number of nitrogens with two attached hydrogens (primary N) is 1. The van der Waals surface area contributed by atoms with Crippen molar-refractivity contribution in [2.45, 2.75) is 32.7 Å². The number of nitrogens with one attached hydrogen (secondary N) is 2. The standard InChI is InChI=1S/C13H26N4O2/c1-10(14)12-4-3-7-17(8-12)9-13(19)16-6-5-15-11(2)18/h10,12H,3-9,14H2,1-2H3,(H,15,18)(H,16,19). The van der Waals surface area contributed by atoms with E-state index in [1.54, 1.807) is 0 Å². The van der Waals surface area contributed by atoms with E-state index in [-0.39, 0.29) is 17.9 Å². The summed E-state index contributed by atoms with van der Waals surface area (Å²) in [6.45, 7) is 6.72. The molecule has 1 heterocycles. The second kappa shape index (κ2) is 8.12. The Kier molecular flexibility index (Phi) is 6.80. The third-order valence-electron chi connectivity index (χ3n) is 3.47. The Morgan fingerprint density at radius 3 is 2.68 bits per heavy atom. The average Bonchev–Trinajstić information content (AvgIpc) is 2.34. The molecule has 0 bridgehead atoms. The highest BCUT2D eigenvalue weighted by molar-refractivity contribution is 5.78. The molecule has 1 rings (SSSR count). The van der Waals surface area contributed by atoms with Crippen LogP contribution in [0, 0.1) is 5.92 Å². The summed E-state index contributed by atoms with van der Waals surface area (Å²) in [5.41, 5.74) is 5.92. The van der Waals surface area contributed by atoms with Crippen LogP contribution in [0.4, 0.5) is 0 Å². The number of piperidine rings is 1. The highest BCUT2D eigenvalue weighted by atomic mass is 16.2. The Morgan fingerprint density at radius 1 is 1.37 bits per heavy atom. The monoisotopic (exact) mass is 270 g/mol. The molecule has 0 spiro atoms. The van der Waals surface area contributed by atoms with Gasteiger partial charge in [-0.1, -0.05) is 0 Å². The van der Waals surface area contributed by atoms with Crippen LogP contribution in [0.25, 0.3) is 0 Å². The minimum atomic E-state index is -0.0787. The molecule has 110 valence electrons. The van der Waals surface area contributed by atoms with Crippen LogP contribution in [0.3, 0.4) is 0 Å². The lowest BCUT2D eigenvalue weighted by Gasteiger charge is -2.34. The zero-order chi connectivity index (χ0) is 14.3. The van der Waals surface area contributed by atoms with E-state index >= 15 is 0 Å². The lowest BCUT2D eigenvalue weighted by atomic mass is 9.92. The van der Waals surface area contributed by atoms with Crippen LogP contribution in [-0.2, 0) is 9.59 Å². The first-order chi connectivity index (χ1) is 8.99. The van der Waals surface area contributed by atoms with Crippen LogP contribution < -0.4 is 16.4 Å². The third kappa shape index (κ3) is 6.54. The van der Waals surface area contributed by atoms with Gasteiger partial charge in [0.1, 0.15) is 0 Å². The summed E-state index contributed by atoms with van der Waals surface area (Å²) >= 11 is 0. The van der Waals surface area contributed by atoms with E-state index in [1.807, 2.05) is 6.92 Å². The fourth-order valence-corrected chi connectivity index (χ4v) is 2.36. The lowest BCUT2D eigenvalue weighted by Crippen LogP contribution is -2.47. The minimum Gasteiger partial charge on any atom is -0.355 e. The summed E-state index contributed by atoms with van der Waals surface area (Å²) in [4.78, 5) is 24.6. The highest BCUT2D eigenvalue weighted by Crippen LogP contribution is 2.18. The zero-order valence-corrected chi connectivity index (χ0v) is 11.9. The van der Waals surface area contributed by atoms with Gasteiger partial charge in [-0.25, -0.2) is 0 Å². The molecule has 0 saturated carbocycles. The van der Waals surface area contributed by atoms with Crippen molar-refractivity contribution in [2.24, 2.45) is 11.7 Å². The molecule has 19 heavy (non-hydrogen) atoms. The van der Waals surface area contributed by atoms with Crippen LogP contribution in [0.5, 0.6) is 0 Å². The van der Waals surface area contributed by atoms with Gasteiger partial charge in [-0.15, -0.1) is 0 Å². The Bertz CT molecular complexity index is 307. The molecule has 0 aromatic heterocycles. The van der Waals surface area contributed by atoms with Crippen molar-refractivity contribution in [1.82, 2.24) is 15.5 Å². The first-order valence-electron chi connectivity index (χ1n) is 6.98. The predicted molar refractivity (Wildman–Crippen MR) is 74.5 cm³/mol. The van der Waals surface area contributed by atoms with E-state index in [0.717, 1.165) is 25.9 Å². The molecule has 2 unspecified atom stereocenters. The summed E-state index contributed by atoms with van der Waals surface area (Å²) in [6.07, 6.45) is 2.25. The van der Waals surface area contributed by atoms with Gasteiger partial charge >= 0.3 is 0 Å². The second-order valence-electron chi connectivity index (χ2n) is 5.33. The van der Waals surface area contributed by atoms with Crippen molar-refractivity contribution in [3.8, 4) is 0 Å². The molecule has 0 aromatic carbocycles. The molecular weight excluding hydrogens is 244 g/mol. The number of hydrogen-bond acceptors (Lipinski definition) is 4. The lowest BCUT2D eigenvalue weighted by molar-refractivity contribution is -0.123. The van der Waals surface area contributed by atoms with Crippen molar-refractivity contribution in [1.29, 1.82) is 0 Å². The predicted octanol–water partition coefficient (Wildman–Crippen LogP) is -0.702. The van der Waals surface area contributed by atoms with E-state index in [0.29, 0.717) is 25.6 Å². The molecule has 2 amide bonds. The molecule has 6 nitrogen and oxygen atoms in total. The molecule has 4 N–H and O–H groups in total. The summed E-state index contributed by atoms with van der Waals surface area (Å²) in [5, 5.41) is 5.45. The fourth-order valence-electron chi connectivity index (χ4n) is 2.36. The normalized spacial score (nSPS) is 21.7. The van der Waals surface area contributed by atoms with Crippen LogP contribution in [0.2, 0.25) is 0 Å². The number of carbonyl (C=O) groups excluding carboxylic acids is 2. The molecule has 1 aliphatic heterocycles. The highest BCUT2D eigenvalue weighted by Gasteiger charge is 2.23. The fraction of sp³-hybridized carbons (Fsp3) is 0.846. The van der Waals surface area contributed by atoms with Crippen LogP contribution in [0.15, 0.2) is 0 Å². The third-order valence-corrected chi connectivity index (χ3v) is 3.47. The van der Waals surface area contributed by atoms with Crippen LogP contribution in [-0.4, -0.2) is 55.5 Å². The summed E-state index contributed by atoms with van der Waals surface area (Å²) in [6, 6.07) is 0.186. The van der Waals surface area contributed by atoms with E-state index in [1.165, 1.54) is 6.92 Å². The minimum absolute atomic E-state index is 0.00989. The Hall–Kier alpha value is -1.14. The number of likely N-dealkylation sites (tertiary alicyclic amines) is 1. The molecule has 0 aromatic rings. The van der Waals surface area contributed by atoms with E-state index < -0.39 is 0 Å². The first-order valence-corrected chi connectivity index (χ1v) is 6.98. The number of hydrogen-bond donors (Lipinski definition) is 3. The molecule has 1 aliphatic rings. The number of amides is 2. The van der Waals surface area contributed by atoms with Gasteiger partial charge in [0.05, 0.1) is 6.54 Å². The quantitative estimate of drug-likeness (QED) is 0.557. The molecule has 2 atom stereocenters. The molecule has 0 radical (unpaired) electrons. The summed E-state index contributed by atoms with van der Waals surface area (Å²) in [7, 11) is 0. The van der Waals surface area contributed by atoms with Crippen molar-refractivity contribution in [2.75, 3.05) is 32.7 Å². The van der Waals surface area contributed by atoms with Gasteiger partial charge in [0.25, 0.3) is 0 Å². The second-order valence-corrected chi connectivity index (χ2v) is 5.33. The van der Waals surface area contributed by atoms with Gasteiger partial charge in [-0.05, 0) is 32.2 Å². The van der Waals surface area contributed by atoms with Gasteiger partial charge in [0.2, 0.25) is 11.8 Å². The number of carbonyl (C=O) groups is 2. The van der Waals surface area contributed by atoms with Gasteiger partial charge in [-0.3, -0.25) is 14.5 Å². The maximum atomic E-state index is 11.7. The molecule has 1 fully saturated rings. The van der Waals surface area contributed by atoms with Crippen LogP contribution in [0.1, 0.15) is 26.7 Å². The van der Waals surface area contributed by atoms with Crippen molar-refractivity contribution < 1.29 is 9.59 Å². The average molecular weight is 270 g/mol. The summed E-state index contributed by atoms with van der Waals surface area (Å²) in [5.74, 6) is 0.418. The molecule has 1 saturated heterocycles. The molecular formula is C13H26N4O2. The Labute approximate surface area is 115 Å². The van der Waals surface area contributed by atoms with Gasteiger partial charge < -0.3 is 16.4 Å². The van der Waals surface area contributed by atoms with Crippen molar-refractivity contribution >= 4 is 11.8 Å². The summed E-state index contributed by atoms with van der Waals surface area (Å²) < 4.78 is 0. The maximum absolute atomic E-state index is 11.7.